The molecule has 0 spiro atoms. The molecule has 0 bridgehead atoms. The van der Waals surface area contributed by atoms with Gasteiger partial charge in [-0.15, -0.1) is 11.3 Å². The first-order chi connectivity index (χ1) is 14.1. The predicted molar refractivity (Wildman–Crippen MR) is 120 cm³/mol. The number of hydrogen-bond donors (Lipinski definition) is 0. The summed E-state index contributed by atoms with van der Waals surface area (Å²) >= 11 is 3.10. The molecule has 0 N–H and O–H groups in total. The fraction of sp³-hybridized carbons (Fsp3) is 0.280. The molecule has 0 amide bonds. The summed E-state index contributed by atoms with van der Waals surface area (Å²) in [6.45, 7) is 2.08. The maximum absolute atomic E-state index is 12.8. The summed E-state index contributed by atoms with van der Waals surface area (Å²) in [5.74, 6) is 0.997. The molecule has 1 aliphatic carbocycles. The molecule has 3 aromatic rings. The van der Waals surface area contributed by atoms with E-state index in [0.717, 1.165) is 20.2 Å². The first-order valence-corrected chi connectivity index (χ1v) is 11.8. The normalized spacial score (nSPS) is 15.3. The summed E-state index contributed by atoms with van der Waals surface area (Å²) in [7, 11) is 0. The molecule has 148 valence electrons. The smallest absolute Gasteiger partial charge is 0.202 e. The van der Waals surface area contributed by atoms with Crippen LogP contribution < -0.4 is 0 Å². The van der Waals surface area contributed by atoms with Gasteiger partial charge in [-0.05, 0) is 66.6 Å². The average molecular weight is 421 g/mol. The van der Waals surface area contributed by atoms with Crippen molar-refractivity contribution >= 4 is 34.7 Å². The Labute approximate surface area is 180 Å². The van der Waals surface area contributed by atoms with Gasteiger partial charge in [0.25, 0.3) is 0 Å². The molecule has 1 aromatic heterocycles. The first-order valence-electron chi connectivity index (χ1n) is 10.1. The molecule has 29 heavy (non-hydrogen) atoms. The van der Waals surface area contributed by atoms with E-state index >= 15 is 0 Å². The van der Waals surface area contributed by atoms with Crippen molar-refractivity contribution in [3.05, 3.63) is 82.0 Å². The highest BCUT2D eigenvalue weighted by Gasteiger charge is 2.27. The Morgan fingerprint density at radius 1 is 0.897 bits per heavy atom. The number of hydrogen-bond acceptors (Lipinski definition) is 4. The van der Waals surface area contributed by atoms with E-state index in [2.05, 4.69) is 6.92 Å². The van der Waals surface area contributed by atoms with Gasteiger partial charge in [0.2, 0.25) is 5.78 Å². The van der Waals surface area contributed by atoms with Crippen LogP contribution in [-0.2, 0) is 0 Å². The highest BCUT2D eigenvalue weighted by Crippen LogP contribution is 2.34. The second kappa shape index (κ2) is 9.10. The minimum atomic E-state index is 0.0656. The summed E-state index contributed by atoms with van der Waals surface area (Å²) in [6, 6.07) is 19.4. The Hall–Kier alpha value is -2.17. The van der Waals surface area contributed by atoms with Crippen molar-refractivity contribution in [1.29, 1.82) is 0 Å². The molecule has 1 heterocycles. The molecule has 2 aromatic carbocycles. The van der Waals surface area contributed by atoms with Crippen LogP contribution in [0.4, 0.5) is 0 Å². The van der Waals surface area contributed by atoms with Gasteiger partial charge in [0, 0.05) is 26.8 Å². The highest BCUT2D eigenvalue weighted by atomic mass is 32.2. The van der Waals surface area contributed by atoms with Gasteiger partial charge >= 0.3 is 0 Å². The van der Waals surface area contributed by atoms with Crippen molar-refractivity contribution < 1.29 is 9.59 Å². The molecule has 1 atom stereocenters. The molecule has 0 saturated heterocycles. The average Bonchev–Trinajstić information content (AvgIpc) is 3.47. The topological polar surface area (TPSA) is 34.1 Å². The molecule has 4 rings (SSSR count). The minimum absolute atomic E-state index is 0.0656. The Bertz CT molecular complexity index is 967. The maximum atomic E-state index is 12.8. The zero-order valence-electron chi connectivity index (χ0n) is 16.5. The molecule has 1 unspecified atom stereocenters. The van der Waals surface area contributed by atoms with Gasteiger partial charge in [-0.2, -0.15) is 0 Å². The van der Waals surface area contributed by atoms with Crippen molar-refractivity contribution in [1.82, 2.24) is 0 Å². The van der Waals surface area contributed by atoms with Crippen molar-refractivity contribution in [2.24, 2.45) is 11.8 Å². The van der Waals surface area contributed by atoms with E-state index in [1.54, 1.807) is 11.8 Å². The lowest BCUT2D eigenvalue weighted by Crippen LogP contribution is -2.19. The van der Waals surface area contributed by atoms with Crippen LogP contribution in [0.25, 0.3) is 0 Å². The Balaban J connectivity index is 1.39. The summed E-state index contributed by atoms with van der Waals surface area (Å²) in [5, 5.41) is 1.92. The zero-order valence-corrected chi connectivity index (χ0v) is 18.1. The SMILES string of the molecule is CC(C(=O)c1ccc(Sc2ccc(C(=O)c3cccs3)cc2)cc1)C1CCCC1. The largest absolute Gasteiger partial charge is 0.294 e. The van der Waals surface area contributed by atoms with Crippen LogP contribution >= 0.6 is 23.1 Å². The van der Waals surface area contributed by atoms with E-state index in [-0.39, 0.29) is 17.5 Å². The van der Waals surface area contributed by atoms with Crippen LogP contribution in [0.5, 0.6) is 0 Å². The molecule has 1 fully saturated rings. The molecule has 2 nitrogen and oxygen atoms in total. The Kier molecular flexibility index (Phi) is 6.31. The molecular weight excluding hydrogens is 396 g/mol. The molecule has 1 saturated carbocycles. The second-order valence-electron chi connectivity index (χ2n) is 7.65. The van der Waals surface area contributed by atoms with Gasteiger partial charge in [0.15, 0.2) is 5.78 Å². The predicted octanol–water partition coefficient (Wildman–Crippen LogP) is 7.14. The number of thiophene rings is 1. The van der Waals surface area contributed by atoms with E-state index < -0.39 is 0 Å². The molecule has 1 aliphatic rings. The third kappa shape index (κ3) is 4.71. The number of Topliss-reactive ketones (excluding diaryl/α,β-unsaturated/α-hetero) is 1. The molecule has 0 radical (unpaired) electrons. The van der Waals surface area contributed by atoms with Gasteiger partial charge < -0.3 is 0 Å². The zero-order chi connectivity index (χ0) is 20.2. The van der Waals surface area contributed by atoms with Crippen molar-refractivity contribution in [3.8, 4) is 0 Å². The third-order valence-corrected chi connectivity index (χ3v) is 7.64. The van der Waals surface area contributed by atoms with E-state index in [0.29, 0.717) is 11.5 Å². The van der Waals surface area contributed by atoms with Gasteiger partial charge in [-0.25, -0.2) is 0 Å². The van der Waals surface area contributed by atoms with Crippen LogP contribution in [0.15, 0.2) is 75.8 Å². The van der Waals surface area contributed by atoms with Gasteiger partial charge in [-0.1, -0.05) is 49.7 Å². The number of carbonyl (C=O) groups is 2. The number of benzene rings is 2. The van der Waals surface area contributed by atoms with E-state index in [9.17, 15) is 9.59 Å². The van der Waals surface area contributed by atoms with Crippen LogP contribution in [0.3, 0.4) is 0 Å². The summed E-state index contributed by atoms with van der Waals surface area (Å²) in [6.07, 6.45) is 4.89. The number of ketones is 2. The van der Waals surface area contributed by atoms with Gasteiger partial charge in [0.05, 0.1) is 4.88 Å². The lowest BCUT2D eigenvalue weighted by molar-refractivity contribution is 0.0888. The number of rotatable bonds is 7. The molecular formula is C25H24O2S2. The first kappa shape index (κ1) is 20.1. The second-order valence-corrected chi connectivity index (χ2v) is 9.75. The van der Waals surface area contributed by atoms with E-state index in [1.807, 2.05) is 66.0 Å². The van der Waals surface area contributed by atoms with Gasteiger partial charge in [0.1, 0.15) is 0 Å². The van der Waals surface area contributed by atoms with Crippen LogP contribution in [-0.4, -0.2) is 11.6 Å². The maximum Gasteiger partial charge on any atom is 0.202 e. The summed E-state index contributed by atoms with van der Waals surface area (Å²) in [4.78, 5) is 28.1. The van der Waals surface area contributed by atoms with Crippen molar-refractivity contribution in [2.45, 2.75) is 42.4 Å². The fourth-order valence-corrected chi connectivity index (χ4v) is 5.48. The summed E-state index contributed by atoms with van der Waals surface area (Å²) < 4.78 is 0. The lowest BCUT2D eigenvalue weighted by Gasteiger charge is -2.17. The van der Waals surface area contributed by atoms with E-state index in [1.165, 1.54) is 37.0 Å². The lowest BCUT2D eigenvalue weighted by atomic mass is 9.86. The van der Waals surface area contributed by atoms with Crippen molar-refractivity contribution in [3.63, 3.8) is 0 Å². The van der Waals surface area contributed by atoms with Crippen molar-refractivity contribution in [2.75, 3.05) is 0 Å². The van der Waals surface area contributed by atoms with Crippen LogP contribution in [0.1, 0.15) is 58.2 Å². The molecule has 4 heteroatoms. The fourth-order valence-electron chi connectivity index (χ4n) is 3.98. The molecule has 0 aliphatic heterocycles. The monoisotopic (exact) mass is 420 g/mol. The van der Waals surface area contributed by atoms with Crippen LogP contribution in [0, 0.1) is 11.8 Å². The number of carbonyl (C=O) groups excluding carboxylic acids is 2. The highest BCUT2D eigenvalue weighted by molar-refractivity contribution is 7.99. The van der Waals surface area contributed by atoms with Gasteiger partial charge in [-0.3, -0.25) is 9.59 Å². The third-order valence-electron chi connectivity index (χ3n) is 5.76. The Morgan fingerprint density at radius 2 is 1.48 bits per heavy atom. The summed E-state index contributed by atoms with van der Waals surface area (Å²) in [5.41, 5.74) is 1.52. The van der Waals surface area contributed by atoms with E-state index in [4.69, 9.17) is 0 Å². The quantitative estimate of drug-likeness (QED) is 0.381. The van der Waals surface area contributed by atoms with Crippen LogP contribution in [0.2, 0.25) is 0 Å². The Morgan fingerprint density at radius 3 is 2.03 bits per heavy atom. The standard InChI is InChI=1S/C25H24O2S2/c1-17(18-5-2-3-6-18)24(26)19-8-12-21(13-9-19)29-22-14-10-20(11-15-22)25(27)23-7-4-16-28-23/h4,7-18H,2-3,5-6H2,1H3. The minimum Gasteiger partial charge on any atom is -0.294 e.